The highest BCUT2D eigenvalue weighted by Crippen LogP contribution is 2.32. The van der Waals surface area contributed by atoms with E-state index in [-0.39, 0.29) is 39.2 Å². The number of anilines is 1. The predicted octanol–water partition coefficient (Wildman–Crippen LogP) is 7.12. The van der Waals surface area contributed by atoms with Crippen molar-refractivity contribution in [3.63, 3.8) is 0 Å². The van der Waals surface area contributed by atoms with Gasteiger partial charge >= 0.3 is 11.9 Å². The smallest absolute Gasteiger partial charge is 0.347 e. The van der Waals surface area contributed by atoms with E-state index in [0.717, 1.165) is 14.3 Å². The van der Waals surface area contributed by atoms with Gasteiger partial charge in [0.15, 0.2) is 0 Å². The minimum atomic E-state index is -3.95. The lowest BCUT2D eigenvalue weighted by atomic mass is 10.1. The van der Waals surface area contributed by atoms with E-state index in [1.165, 1.54) is 75.4 Å². The Hall–Kier alpha value is -6.23. The Balaban J connectivity index is 1.36. The fourth-order valence-corrected chi connectivity index (χ4v) is 7.63. The molecule has 272 valence electrons. The minimum Gasteiger partial charge on any atom is -0.426 e. The van der Waals surface area contributed by atoms with Crippen molar-refractivity contribution in [2.24, 2.45) is 10.2 Å². The van der Waals surface area contributed by atoms with Crippen molar-refractivity contribution >= 4 is 72.1 Å². The number of nitrogens with zero attached hydrogens (tertiary/aromatic N) is 5. The Morgan fingerprint density at radius 1 is 0.887 bits per heavy atom. The first-order valence-electron chi connectivity index (χ1n) is 14.7. The maximum atomic E-state index is 13.4. The Morgan fingerprint density at radius 3 is 2.25 bits per heavy atom. The molecule has 5 rings (SSSR count). The summed E-state index contributed by atoms with van der Waals surface area (Å²) in [5.74, 6) is -2.24. The number of ether oxygens (including phenoxy) is 2. The van der Waals surface area contributed by atoms with Crippen LogP contribution in [0.15, 0.2) is 112 Å². The van der Waals surface area contributed by atoms with Crippen LogP contribution in [0.4, 0.5) is 17.2 Å². The fourth-order valence-electron chi connectivity index (χ4n) is 4.22. The van der Waals surface area contributed by atoms with Crippen molar-refractivity contribution in [3.05, 3.63) is 127 Å². The van der Waals surface area contributed by atoms with E-state index in [2.05, 4.69) is 29.6 Å². The summed E-state index contributed by atoms with van der Waals surface area (Å²) >= 11 is 5.18. The molecular weight excluding hydrogens is 777 g/mol. The monoisotopic (exact) mass is 798 g/mol. The van der Waals surface area contributed by atoms with Crippen LogP contribution in [0.2, 0.25) is 0 Å². The third-order valence-corrected chi connectivity index (χ3v) is 10.8. The summed E-state index contributed by atoms with van der Waals surface area (Å²) in [6.45, 7) is -0.958. The predicted molar refractivity (Wildman–Crippen MR) is 191 cm³/mol. The summed E-state index contributed by atoms with van der Waals surface area (Å²) < 4.78 is 39.4. The second kappa shape index (κ2) is 17.3. The molecule has 53 heavy (non-hydrogen) atoms. The third kappa shape index (κ3) is 11.1. The maximum absolute atomic E-state index is 13.4. The first-order valence-corrected chi connectivity index (χ1v) is 18.7. The van der Waals surface area contributed by atoms with Crippen LogP contribution in [0.1, 0.15) is 16.8 Å². The van der Waals surface area contributed by atoms with Gasteiger partial charge in [0.25, 0.3) is 20.2 Å². The lowest BCUT2D eigenvalue weighted by Gasteiger charge is -2.14. The quantitative estimate of drug-likeness (QED) is 0.0199. The zero-order valence-corrected chi connectivity index (χ0v) is 29.8. The van der Waals surface area contributed by atoms with Gasteiger partial charge in [0.05, 0.1) is 22.7 Å². The Kier molecular flexibility index (Phi) is 12.4. The summed E-state index contributed by atoms with van der Waals surface area (Å²) in [5, 5.41) is 27.1. The molecule has 22 heteroatoms. The van der Waals surface area contributed by atoms with Crippen molar-refractivity contribution in [2.45, 2.75) is 17.4 Å². The SMILES string of the molecule is O=C(CC(CO[N+](=O)[O-])O[N+](=O)[O-])Oc1ccc(/N=N/c2ccc(S(=O)(=O)Nc3ccccn3)cc2)cc1C(=O)Oc1ccc(-c2cc(=S)ss2)cc1. The molecule has 0 fully saturated rings. The van der Waals surface area contributed by atoms with Crippen LogP contribution in [-0.4, -0.2) is 48.2 Å². The molecule has 0 radical (unpaired) electrons. The average Bonchev–Trinajstić information content (AvgIpc) is 3.56. The van der Waals surface area contributed by atoms with Crippen molar-refractivity contribution in [1.29, 1.82) is 0 Å². The zero-order chi connectivity index (χ0) is 38.0. The van der Waals surface area contributed by atoms with Gasteiger partial charge in [-0.05, 0) is 90.5 Å². The number of esters is 2. The van der Waals surface area contributed by atoms with Gasteiger partial charge in [-0.25, -0.2) is 18.2 Å². The highest BCUT2D eigenvalue weighted by atomic mass is 32.9. The molecule has 3 aromatic carbocycles. The van der Waals surface area contributed by atoms with Gasteiger partial charge in [-0.1, -0.05) is 39.0 Å². The van der Waals surface area contributed by atoms with Crippen molar-refractivity contribution in [1.82, 2.24) is 4.98 Å². The molecule has 0 aliphatic heterocycles. The first kappa shape index (κ1) is 38.0. The highest BCUT2D eigenvalue weighted by molar-refractivity contribution is 7.92. The van der Waals surface area contributed by atoms with Gasteiger partial charge in [0, 0.05) is 11.1 Å². The molecule has 0 saturated carbocycles. The van der Waals surface area contributed by atoms with Crippen molar-refractivity contribution in [3.8, 4) is 21.9 Å². The molecule has 1 unspecified atom stereocenters. The lowest BCUT2D eigenvalue weighted by molar-refractivity contribution is -0.789. The largest absolute Gasteiger partial charge is 0.426 e. The maximum Gasteiger partial charge on any atom is 0.347 e. The topological polar surface area (TPSA) is 241 Å². The average molecular weight is 799 g/mol. The highest BCUT2D eigenvalue weighted by Gasteiger charge is 2.24. The van der Waals surface area contributed by atoms with Gasteiger partial charge in [0.2, 0.25) is 0 Å². The van der Waals surface area contributed by atoms with Crippen LogP contribution in [0.5, 0.6) is 11.5 Å². The second-order valence-corrected chi connectivity index (χ2v) is 14.8. The summed E-state index contributed by atoms with van der Waals surface area (Å²) in [6, 6.07) is 22.2. The van der Waals surface area contributed by atoms with Crippen LogP contribution in [0.3, 0.4) is 0 Å². The van der Waals surface area contributed by atoms with Crippen LogP contribution in [-0.2, 0) is 24.5 Å². The standard InChI is InChI=1S/C31H22N6O12S4/c38-29(16-23(49-37(42)43)18-46-36(40)41)48-26-13-8-21(15-25(26)31(39)47-22-9-4-19(5-10-22)27-17-30(50)52-51-27)34-33-20-6-11-24(12-7-20)53(44,45)35-28-3-1-2-14-32-28/h1-15,17,23H,16,18H2,(H,32,35)/b34-33+. The Labute approximate surface area is 310 Å². The number of hydrogen-bond acceptors (Lipinski definition) is 18. The van der Waals surface area contributed by atoms with E-state index in [4.69, 9.17) is 21.7 Å². The van der Waals surface area contributed by atoms with Gasteiger partial charge in [-0.2, -0.15) is 10.2 Å². The molecule has 2 aromatic heterocycles. The number of azo groups is 1. The molecule has 0 spiro atoms. The van der Waals surface area contributed by atoms with Crippen LogP contribution >= 0.6 is 32.9 Å². The number of pyridine rings is 1. The summed E-state index contributed by atoms with van der Waals surface area (Å²) in [4.78, 5) is 60.8. The second-order valence-electron chi connectivity index (χ2n) is 10.3. The number of aromatic nitrogens is 1. The van der Waals surface area contributed by atoms with Crippen molar-refractivity contribution in [2.75, 3.05) is 11.3 Å². The summed E-state index contributed by atoms with van der Waals surface area (Å²) in [5.41, 5.74) is 0.838. The normalized spacial score (nSPS) is 11.7. The Bertz CT molecular complexity index is 2320. The van der Waals surface area contributed by atoms with E-state index in [0.29, 0.717) is 0 Å². The molecule has 0 saturated heterocycles. The molecule has 0 amide bonds. The zero-order valence-electron chi connectivity index (χ0n) is 26.5. The lowest BCUT2D eigenvalue weighted by Crippen LogP contribution is -2.29. The number of rotatable bonds is 16. The van der Waals surface area contributed by atoms with Gasteiger partial charge in [0.1, 0.15) is 39.4 Å². The number of carbonyl (C=O) groups is 2. The number of hydrogen-bond donors (Lipinski definition) is 1. The molecule has 1 atom stereocenters. The van der Waals surface area contributed by atoms with E-state index in [9.17, 15) is 38.2 Å². The van der Waals surface area contributed by atoms with E-state index >= 15 is 0 Å². The van der Waals surface area contributed by atoms with Crippen LogP contribution < -0.4 is 14.2 Å². The molecule has 0 aliphatic rings. The number of nitrogens with one attached hydrogen (secondary N) is 1. The van der Waals surface area contributed by atoms with Gasteiger partial charge in [-0.15, -0.1) is 20.2 Å². The molecular formula is C31H22N6O12S4. The van der Waals surface area contributed by atoms with Crippen LogP contribution in [0, 0.1) is 24.1 Å². The minimum absolute atomic E-state index is 0.0665. The first-order chi connectivity index (χ1) is 25.3. The van der Waals surface area contributed by atoms with E-state index in [1.54, 1.807) is 36.4 Å². The van der Waals surface area contributed by atoms with E-state index < -0.39 is 51.3 Å². The summed E-state index contributed by atoms with van der Waals surface area (Å²) in [6.07, 6.45) is -1.14. The molecule has 0 aliphatic carbocycles. The molecule has 0 bridgehead atoms. The number of benzene rings is 3. The fraction of sp³-hybridized carbons (Fsp3) is 0.0968. The number of carbonyl (C=O) groups excluding carboxylic acids is 2. The molecule has 18 nitrogen and oxygen atoms in total. The Morgan fingerprint density at radius 2 is 1.60 bits per heavy atom. The summed E-state index contributed by atoms with van der Waals surface area (Å²) in [7, 11) is -1.02. The van der Waals surface area contributed by atoms with Crippen molar-refractivity contribution < 1.29 is 47.3 Å². The van der Waals surface area contributed by atoms with Crippen LogP contribution in [0.25, 0.3) is 10.4 Å². The third-order valence-electron chi connectivity index (χ3n) is 6.55. The number of sulfonamides is 1. The van der Waals surface area contributed by atoms with Gasteiger partial charge < -0.3 is 19.1 Å². The molecule has 1 N–H and O–H groups in total. The molecule has 2 heterocycles. The molecule has 5 aromatic rings. The van der Waals surface area contributed by atoms with Gasteiger partial charge in [-0.3, -0.25) is 9.52 Å². The van der Waals surface area contributed by atoms with E-state index in [1.807, 2.05) is 6.07 Å².